The minimum atomic E-state index is -3.92. The second kappa shape index (κ2) is 9.84. The molecule has 0 bridgehead atoms. The van der Waals surface area contributed by atoms with Crippen LogP contribution in [-0.2, 0) is 24.8 Å². The Balaban J connectivity index is 1.96. The molecule has 0 unspecified atom stereocenters. The highest BCUT2D eigenvalue weighted by Crippen LogP contribution is 2.32. The summed E-state index contributed by atoms with van der Waals surface area (Å²) in [6.07, 6.45) is 1.85. The van der Waals surface area contributed by atoms with Gasteiger partial charge in [0.25, 0.3) is 10.0 Å². The molecule has 0 aliphatic carbocycles. The van der Waals surface area contributed by atoms with Crippen LogP contribution in [0.25, 0.3) is 0 Å². The molecule has 1 aromatic carbocycles. The molecule has 1 aliphatic rings. The van der Waals surface area contributed by atoms with Crippen molar-refractivity contribution in [2.45, 2.75) is 28.9 Å². The number of morpholine rings is 1. The topological polar surface area (TPSA) is 105 Å². The molecule has 1 saturated heterocycles. The zero-order valence-corrected chi connectivity index (χ0v) is 19.6. The average Bonchev–Trinajstić information content (AvgIpc) is 3.17. The van der Waals surface area contributed by atoms with Crippen molar-refractivity contribution < 1.29 is 21.6 Å². The third-order valence-corrected chi connectivity index (χ3v) is 9.49. The van der Waals surface area contributed by atoms with E-state index in [0.717, 1.165) is 24.2 Å². The van der Waals surface area contributed by atoms with E-state index in [-0.39, 0.29) is 27.9 Å². The maximum absolute atomic E-state index is 13.0. The summed E-state index contributed by atoms with van der Waals surface area (Å²) in [4.78, 5) is 0.0207. The Kier molecular flexibility index (Phi) is 7.64. The van der Waals surface area contributed by atoms with Gasteiger partial charge < -0.3 is 10.1 Å². The molecule has 2 heterocycles. The van der Waals surface area contributed by atoms with Crippen molar-refractivity contribution in [2.75, 3.05) is 42.9 Å². The quantitative estimate of drug-likeness (QED) is 0.518. The van der Waals surface area contributed by atoms with E-state index in [0.29, 0.717) is 29.8 Å². The number of nitrogens with one attached hydrogen (secondary N) is 2. The number of ether oxygens (including phenoxy) is 1. The Morgan fingerprint density at radius 2 is 1.83 bits per heavy atom. The predicted molar refractivity (Wildman–Crippen MR) is 120 cm³/mol. The van der Waals surface area contributed by atoms with E-state index < -0.39 is 20.0 Å². The largest absolute Gasteiger partial charge is 0.383 e. The van der Waals surface area contributed by atoms with E-state index in [1.54, 1.807) is 6.07 Å². The standard InChI is InChI=1S/C18H24ClN3O5S3/c1-2-3-8-20-15-5-4-14(30(25,26)22-9-11-27-12-10-22)13-16(15)21-29(23,24)18-7-6-17(19)28-18/h4-7,13,20-21H,2-3,8-12H2,1H3. The summed E-state index contributed by atoms with van der Waals surface area (Å²) in [5, 5.41) is 3.17. The predicted octanol–water partition coefficient (Wildman–Crippen LogP) is 3.44. The number of thiophene rings is 1. The lowest BCUT2D eigenvalue weighted by Crippen LogP contribution is -2.40. The molecule has 2 aromatic rings. The molecule has 30 heavy (non-hydrogen) atoms. The van der Waals surface area contributed by atoms with Crippen LogP contribution in [0.15, 0.2) is 39.4 Å². The smallest absolute Gasteiger partial charge is 0.271 e. The van der Waals surface area contributed by atoms with Crippen LogP contribution in [0.1, 0.15) is 19.8 Å². The van der Waals surface area contributed by atoms with Gasteiger partial charge in [0.15, 0.2) is 0 Å². The van der Waals surface area contributed by atoms with Crippen LogP contribution in [0.2, 0.25) is 4.34 Å². The number of unbranched alkanes of at least 4 members (excludes halogenated alkanes) is 1. The molecule has 1 aliphatic heterocycles. The van der Waals surface area contributed by atoms with E-state index in [1.165, 1.54) is 28.6 Å². The zero-order valence-electron chi connectivity index (χ0n) is 16.4. The summed E-state index contributed by atoms with van der Waals surface area (Å²) < 4.78 is 61.1. The molecule has 0 saturated carbocycles. The highest BCUT2D eigenvalue weighted by molar-refractivity contribution is 7.94. The van der Waals surface area contributed by atoms with Gasteiger partial charge in [-0.25, -0.2) is 16.8 Å². The first-order chi connectivity index (χ1) is 14.2. The van der Waals surface area contributed by atoms with E-state index in [4.69, 9.17) is 16.3 Å². The second-order valence-corrected chi connectivity index (χ2v) is 12.2. The Morgan fingerprint density at radius 3 is 2.47 bits per heavy atom. The fraction of sp³-hybridized carbons (Fsp3) is 0.444. The number of hydrogen-bond acceptors (Lipinski definition) is 7. The molecule has 166 valence electrons. The lowest BCUT2D eigenvalue weighted by molar-refractivity contribution is 0.0730. The highest BCUT2D eigenvalue weighted by atomic mass is 35.5. The third kappa shape index (κ3) is 5.45. The van der Waals surface area contributed by atoms with Crippen LogP contribution in [0.4, 0.5) is 11.4 Å². The van der Waals surface area contributed by atoms with Gasteiger partial charge in [-0.15, -0.1) is 11.3 Å². The van der Waals surface area contributed by atoms with Crippen molar-refractivity contribution in [1.82, 2.24) is 4.31 Å². The Morgan fingerprint density at radius 1 is 1.10 bits per heavy atom. The van der Waals surface area contributed by atoms with E-state index in [1.807, 2.05) is 6.92 Å². The summed E-state index contributed by atoms with van der Waals surface area (Å²) in [7, 11) is -7.69. The summed E-state index contributed by atoms with van der Waals surface area (Å²) >= 11 is 6.80. The number of hydrogen-bond donors (Lipinski definition) is 2. The van der Waals surface area contributed by atoms with Crippen LogP contribution in [0.3, 0.4) is 0 Å². The van der Waals surface area contributed by atoms with Gasteiger partial charge in [-0.1, -0.05) is 24.9 Å². The van der Waals surface area contributed by atoms with Gasteiger partial charge in [0.2, 0.25) is 10.0 Å². The number of sulfonamides is 2. The monoisotopic (exact) mass is 493 g/mol. The maximum atomic E-state index is 13.0. The highest BCUT2D eigenvalue weighted by Gasteiger charge is 2.28. The average molecular weight is 494 g/mol. The fourth-order valence-electron chi connectivity index (χ4n) is 2.90. The SMILES string of the molecule is CCCCNc1ccc(S(=O)(=O)N2CCOCC2)cc1NS(=O)(=O)c1ccc(Cl)s1. The maximum Gasteiger partial charge on any atom is 0.271 e. The minimum absolute atomic E-state index is 0.0207. The molecular weight excluding hydrogens is 470 g/mol. The van der Waals surface area contributed by atoms with Crippen LogP contribution < -0.4 is 10.0 Å². The number of benzene rings is 1. The lowest BCUT2D eigenvalue weighted by atomic mass is 10.2. The van der Waals surface area contributed by atoms with Crippen LogP contribution in [-0.4, -0.2) is 54.0 Å². The molecular formula is C18H24ClN3O5S3. The summed E-state index contributed by atoms with van der Waals surface area (Å²) in [6, 6.07) is 7.33. The molecule has 1 fully saturated rings. The Bertz CT molecular complexity index is 1080. The number of anilines is 2. The number of nitrogens with zero attached hydrogens (tertiary/aromatic N) is 1. The van der Waals surface area contributed by atoms with E-state index in [2.05, 4.69) is 10.0 Å². The third-order valence-electron chi connectivity index (χ3n) is 4.50. The van der Waals surface area contributed by atoms with Gasteiger partial charge in [-0.2, -0.15) is 4.31 Å². The minimum Gasteiger partial charge on any atom is -0.383 e. The van der Waals surface area contributed by atoms with Gasteiger partial charge >= 0.3 is 0 Å². The van der Waals surface area contributed by atoms with Crippen molar-refractivity contribution in [3.8, 4) is 0 Å². The van der Waals surface area contributed by atoms with E-state index >= 15 is 0 Å². The van der Waals surface area contributed by atoms with E-state index in [9.17, 15) is 16.8 Å². The number of rotatable bonds is 9. The summed E-state index contributed by atoms with van der Waals surface area (Å²) in [5.41, 5.74) is 0.681. The second-order valence-electron chi connectivity index (χ2n) is 6.67. The Labute approximate surface area is 186 Å². The molecule has 0 radical (unpaired) electrons. The fourth-order valence-corrected chi connectivity index (χ4v) is 6.88. The zero-order chi connectivity index (χ0) is 21.8. The van der Waals surface area contributed by atoms with Gasteiger partial charge in [-0.05, 0) is 36.8 Å². The molecule has 12 heteroatoms. The summed E-state index contributed by atoms with van der Waals surface area (Å²) in [6.45, 7) is 3.85. The van der Waals surface area contributed by atoms with Crippen molar-refractivity contribution >= 4 is 54.4 Å². The van der Waals surface area contributed by atoms with Gasteiger partial charge in [0.05, 0.1) is 33.8 Å². The lowest BCUT2D eigenvalue weighted by Gasteiger charge is -2.26. The van der Waals surface area contributed by atoms with Gasteiger partial charge in [0.1, 0.15) is 4.21 Å². The molecule has 3 rings (SSSR count). The van der Waals surface area contributed by atoms with Crippen LogP contribution in [0.5, 0.6) is 0 Å². The number of halogens is 1. The van der Waals surface area contributed by atoms with Gasteiger partial charge in [0, 0.05) is 19.6 Å². The molecule has 8 nitrogen and oxygen atoms in total. The molecule has 1 aromatic heterocycles. The van der Waals surface area contributed by atoms with Crippen LogP contribution >= 0.6 is 22.9 Å². The molecule has 0 amide bonds. The van der Waals surface area contributed by atoms with Crippen molar-refractivity contribution in [3.63, 3.8) is 0 Å². The first-order valence-electron chi connectivity index (χ1n) is 9.48. The summed E-state index contributed by atoms with van der Waals surface area (Å²) in [5.74, 6) is 0. The first kappa shape index (κ1) is 23.3. The van der Waals surface area contributed by atoms with Gasteiger partial charge in [-0.3, -0.25) is 4.72 Å². The normalized spacial score (nSPS) is 15.8. The van der Waals surface area contributed by atoms with Crippen LogP contribution in [0, 0.1) is 0 Å². The van der Waals surface area contributed by atoms with Crippen molar-refractivity contribution in [1.29, 1.82) is 0 Å². The molecule has 0 spiro atoms. The van der Waals surface area contributed by atoms with Crippen molar-refractivity contribution in [3.05, 3.63) is 34.7 Å². The molecule has 2 N–H and O–H groups in total. The molecule has 0 atom stereocenters. The Hall–Kier alpha value is -1.37. The van der Waals surface area contributed by atoms with Crippen molar-refractivity contribution in [2.24, 2.45) is 0 Å². The first-order valence-corrected chi connectivity index (χ1v) is 13.6.